The van der Waals surface area contributed by atoms with Crippen LogP contribution in [-0.4, -0.2) is 55.1 Å². The zero-order valence-electron chi connectivity index (χ0n) is 12.3. The largest absolute Gasteiger partial charge is 0.372 e. The van der Waals surface area contributed by atoms with E-state index in [9.17, 15) is 4.79 Å². The molecule has 20 heavy (non-hydrogen) atoms. The van der Waals surface area contributed by atoms with Gasteiger partial charge in [0.25, 0.3) is 0 Å². The highest BCUT2D eigenvalue weighted by Crippen LogP contribution is 2.09. The lowest BCUT2D eigenvalue weighted by molar-refractivity contribution is -0.135. The molecule has 4 nitrogen and oxygen atoms in total. The van der Waals surface area contributed by atoms with Crippen molar-refractivity contribution in [1.82, 2.24) is 9.80 Å². The molecule has 0 aliphatic carbocycles. The third-order valence-electron chi connectivity index (χ3n) is 3.62. The third kappa shape index (κ3) is 4.62. The maximum atomic E-state index is 12.0. The molecule has 110 valence electrons. The van der Waals surface area contributed by atoms with Gasteiger partial charge in [-0.05, 0) is 18.9 Å². The second-order valence-electron chi connectivity index (χ2n) is 5.13. The van der Waals surface area contributed by atoms with Crippen LogP contribution in [0.15, 0.2) is 30.3 Å². The average Bonchev–Trinajstić information content (AvgIpc) is 2.71. The van der Waals surface area contributed by atoms with E-state index in [0.29, 0.717) is 6.61 Å². The number of hydrogen-bond donors (Lipinski definition) is 0. The molecule has 0 saturated carbocycles. The van der Waals surface area contributed by atoms with Gasteiger partial charge in [-0.2, -0.15) is 0 Å². The fraction of sp³-hybridized carbons (Fsp3) is 0.562. The van der Waals surface area contributed by atoms with E-state index in [1.54, 1.807) is 0 Å². The highest BCUT2D eigenvalue weighted by atomic mass is 16.5. The number of hydrogen-bond acceptors (Lipinski definition) is 3. The Morgan fingerprint density at radius 3 is 2.70 bits per heavy atom. The summed E-state index contributed by atoms with van der Waals surface area (Å²) < 4.78 is 5.21. The topological polar surface area (TPSA) is 32.8 Å². The predicted octanol–water partition coefficient (Wildman–Crippen LogP) is 1.76. The van der Waals surface area contributed by atoms with Gasteiger partial charge in [-0.1, -0.05) is 30.3 Å². The molecular formula is C16H24N2O2. The minimum absolute atomic E-state index is 0.119. The maximum Gasteiger partial charge on any atom is 0.248 e. The molecule has 0 radical (unpaired) electrons. The zero-order valence-corrected chi connectivity index (χ0v) is 12.3. The molecule has 1 aromatic carbocycles. The second-order valence-corrected chi connectivity index (χ2v) is 5.13. The van der Waals surface area contributed by atoms with Crippen molar-refractivity contribution >= 4 is 5.91 Å². The lowest BCUT2D eigenvalue weighted by atomic mass is 10.2. The summed E-state index contributed by atoms with van der Waals surface area (Å²) >= 11 is 0. The van der Waals surface area contributed by atoms with Crippen LogP contribution in [0.2, 0.25) is 0 Å². The quantitative estimate of drug-likeness (QED) is 0.821. The van der Waals surface area contributed by atoms with Crippen molar-refractivity contribution in [1.29, 1.82) is 0 Å². The van der Waals surface area contributed by atoms with E-state index < -0.39 is 0 Å². The molecule has 1 amide bonds. The Labute approximate surface area is 121 Å². The number of carbonyl (C=O) groups excluding carboxylic acids is 1. The minimum atomic E-state index is 0.119. The summed E-state index contributed by atoms with van der Waals surface area (Å²) in [6.45, 7) is 7.33. The molecule has 0 atom stereocenters. The first-order chi connectivity index (χ1) is 9.79. The first-order valence-corrected chi connectivity index (χ1v) is 7.41. The number of benzene rings is 1. The molecule has 1 aliphatic heterocycles. The van der Waals surface area contributed by atoms with Crippen molar-refractivity contribution in [2.75, 3.05) is 39.4 Å². The SMILES string of the molecule is CCOCC(=O)N1CCCN(Cc2ccccc2)CC1. The van der Waals surface area contributed by atoms with Gasteiger partial charge in [-0.3, -0.25) is 9.69 Å². The maximum absolute atomic E-state index is 12.0. The second kappa shape index (κ2) is 8.02. The summed E-state index contributed by atoms with van der Waals surface area (Å²) in [5.74, 6) is 0.119. The fourth-order valence-electron chi connectivity index (χ4n) is 2.50. The molecular weight excluding hydrogens is 252 g/mol. The summed E-state index contributed by atoms with van der Waals surface area (Å²) in [5.41, 5.74) is 1.33. The monoisotopic (exact) mass is 276 g/mol. The number of amides is 1. The third-order valence-corrected chi connectivity index (χ3v) is 3.62. The van der Waals surface area contributed by atoms with Crippen LogP contribution in [0.3, 0.4) is 0 Å². The van der Waals surface area contributed by atoms with Gasteiger partial charge in [0.2, 0.25) is 5.91 Å². The highest BCUT2D eigenvalue weighted by molar-refractivity contribution is 5.77. The van der Waals surface area contributed by atoms with Crippen LogP contribution in [0, 0.1) is 0 Å². The fourth-order valence-corrected chi connectivity index (χ4v) is 2.50. The molecule has 0 N–H and O–H groups in total. The van der Waals surface area contributed by atoms with Gasteiger partial charge in [-0.15, -0.1) is 0 Å². The van der Waals surface area contributed by atoms with Crippen molar-refractivity contribution in [3.8, 4) is 0 Å². The van der Waals surface area contributed by atoms with E-state index in [1.807, 2.05) is 17.9 Å². The Kier molecular flexibility index (Phi) is 6.02. The van der Waals surface area contributed by atoms with Gasteiger partial charge >= 0.3 is 0 Å². The summed E-state index contributed by atoms with van der Waals surface area (Å²) in [5, 5.41) is 0. The molecule has 0 spiro atoms. The molecule has 0 unspecified atom stereocenters. The van der Waals surface area contributed by atoms with Crippen LogP contribution in [0.1, 0.15) is 18.9 Å². The van der Waals surface area contributed by atoms with Gasteiger partial charge in [0.1, 0.15) is 6.61 Å². The first kappa shape index (κ1) is 15.0. The molecule has 1 aromatic rings. The van der Waals surface area contributed by atoms with Crippen LogP contribution >= 0.6 is 0 Å². The Hall–Kier alpha value is -1.39. The van der Waals surface area contributed by atoms with Crippen LogP contribution < -0.4 is 0 Å². The smallest absolute Gasteiger partial charge is 0.248 e. The van der Waals surface area contributed by atoms with E-state index in [1.165, 1.54) is 5.56 Å². The van der Waals surface area contributed by atoms with Crippen LogP contribution in [0.25, 0.3) is 0 Å². The van der Waals surface area contributed by atoms with Crippen molar-refractivity contribution in [2.24, 2.45) is 0 Å². The molecule has 1 saturated heterocycles. The van der Waals surface area contributed by atoms with Gasteiger partial charge in [0.15, 0.2) is 0 Å². The Balaban J connectivity index is 1.81. The van der Waals surface area contributed by atoms with Gasteiger partial charge in [-0.25, -0.2) is 0 Å². The lowest BCUT2D eigenvalue weighted by Crippen LogP contribution is -2.37. The molecule has 1 aliphatic rings. The highest BCUT2D eigenvalue weighted by Gasteiger charge is 2.18. The molecule has 2 rings (SSSR count). The summed E-state index contributed by atoms with van der Waals surface area (Å²) in [6.07, 6.45) is 1.03. The number of ether oxygens (including phenoxy) is 1. The van der Waals surface area contributed by atoms with Crippen molar-refractivity contribution in [3.63, 3.8) is 0 Å². The van der Waals surface area contributed by atoms with E-state index in [-0.39, 0.29) is 12.5 Å². The molecule has 1 fully saturated rings. The van der Waals surface area contributed by atoms with E-state index >= 15 is 0 Å². The predicted molar refractivity (Wildman–Crippen MR) is 79.4 cm³/mol. The van der Waals surface area contributed by atoms with E-state index in [4.69, 9.17) is 4.74 Å². The number of rotatable bonds is 5. The number of carbonyl (C=O) groups is 1. The minimum Gasteiger partial charge on any atom is -0.372 e. The normalized spacial score (nSPS) is 16.9. The van der Waals surface area contributed by atoms with Gasteiger partial charge in [0, 0.05) is 39.3 Å². The lowest BCUT2D eigenvalue weighted by Gasteiger charge is -2.22. The summed E-state index contributed by atoms with van der Waals surface area (Å²) in [7, 11) is 0. The molecule has 1 heterocycles. The van der Waals surface area contributed by atoms with E-state index in [2.05, 4.69) is 29.2 Å². The van der Waals surface area contributed by atoms with E-state index in [0.717, 1.165) is 39.1 Å². The van der Waals surface area contributed by atoms with Crippen LogP contribution in [0.4, 0.5) is 0 Å². The summed E-state index contributed by atoms with van der Waals surface area (Å²) in [6, 6.07) is 10.5. The molecule has 0 aromatic heterocycles. The van der Waals surface area contributed by atoms with Crippen LogP contribution in [0.5, 0.6) is 0 Å². The standard InChI is InChI=1S/C16H24N2O2/c1-2-20-14-16(19)18-10-6-9-17(11-12-18)13-15-7-4-3-5-8-15/h3-5,7-8H,2,6,9-14H2,1H3. The Bertz CT molecular complexity index is 408. The zero-order chi connectivity index (χ0) is 14.2. The van der Waals surface area contributed by atoms with Gasteiger partial charge < -0.3 is 9.64 Å². The Morgan fingerprint density at radius 2 is 1.95 bits per heavy atom. The van der Waals surface area contributed by atoms with Crippen molar-refractivity contribution < 1.29 is 9.53 Å². The molecule has 4 heteroatoms. The molecule has 0 bridgehead atoms. The van der Waals surface area contributed by atoms with Crippen LogP contribution in [-0.2, 0) is 16.1 Å². The summed E-state index contributed by atoms with van der Waals surface area (Å²) in [4.78, 5) is 16.3. The first-order valence-electron chi connectivity index (χ1n) is 7.41. The number of nitrogens with zero attached hydrogens (tertiary/aromatic N) is 2. The average molecular weight is 276 g/mol. The van der Waals surface area contributed by atoms with Crippen molar-refractivity contribution in [2.45, 2.75) is 19.9 Å². The van der Waals surface area contributed by atoms with Crippen molar-refractivity contribution in [3.05, 3.63) is 35.9 Å². The van der Waals surface area contributed by atoms with Gasteiger partial charge in [0.05, 0.1) is 0 Å². The Morgan fingerprint density at radius 1 is 1.15 bits per heavy atom.